The Kier molecular flexibility index (Phi) is 5.14. The maximum atomic E-state index is 13.3. The lowest BCUT2D eigenvalue weighted by molar-refractivity contribution is -0.0523. The van der Waals surface area contributed by atoms with E-state index in [1.165, 1.54) is 42.5 Å². The number of primary sulfonamides is 1. The Morgan fingerprint density at radius 1 is 1.18 bits per heavy atom. The summed E-state index contributed by atoms with van der Waals surface area (Å²) in [5.74, 6) is -0.585. The van der Waals surface area contributed by atoms with Crippen molar-refractivity contribution in [2.45, 2.75) is 11.4 Å². The summed E-state index contributed by atoms with van der Waals surface area (Å²) in [7, 11) is -4.10. The number of primary amides is 1. The molecule has 9 nitrogen and oxygen atoms in total. The number of nitrogens with two attached hydrogens (primary N) is 2. The van der Waals surface area contributed by atoms with Gasteiger partial charge in [0.1, 0.15) is 18.1 Å². The molecule has 146 valence electrons. The van der Waals surface area contributed by atoms with Crippen LogP contribution in [0.4, 0.5) is 9.18 Å². The van der Waals surface area contributed by atoms with E-state index in [9.17, 15) is 22.8 Å². The highest BCUT2D eigenvalue weighted by molar-refractivity contribution is 7.89. The molecule has 1 aromatic heterocycles. The van der Waals surface area contributed by atoms with E-state index in [-0.39, 0.29) is 32.9 Å². The Balaban J connectivity index is 2.21. The van der Waals surface area contributed by atoms with Gasteiger partial charge in [-0.05, 0) is 36.4 Å². The first-order chi connectivity index (χ1) is 13.2. The lowest BCUT2D eigenvalue weighted by Gasteiger charge is -2.08. The van der Waals surface area contributed by atoms with Crippen LogP contribution in [0.15, 0.2) is 57.8 Å². The largest absolute Gasteiger partial charge is 0.438 e. The van der Waals surface area contributed by atoms with Gasteiger partial charge in [-0.2, -0.15) is 5.06 Å². The molecule has 0 atom stereocenters. The molecular formula is C17H15FN4O5S. The molecule has 2 amide bonds. The molecule has 0 fully saturated rings. The summed E-state index contributed by atoms with van der Waals surface area (Å²) in [5.41, 5.74) is 5.68. The van der Waals surface area contributed by atoms with Gasteiger partial charge in [-0.3, -0.25) is 5.21 Å². The highest BCUT2D eigenvalue weighted by Gasteiger charge is 2.24. The summed E-state index contributed by atoms with van der Waals surface area (Å²) in [5, 5.41) is 15.0. The monoisotopic (exact) mass is 406 g/mol. The van der Waals surface area contributed by atoms with E-state index in [2.05, 4.69) is 4.98 Å². The zero-order valence-electron chi connectivity index (χ0n) is 14.2. The van der Waals surface area contributed by atoms with E-state index in [1.807, 2.05) is 0 Å². The van der Waals surface area contributed by atoms with Crippen LogP contribution in [-0.2, 0) is 16.6 Å². The van der Waals surface area contributed by atoms with Crippen molar-refractivity contribution < 1.29 is 27.2 Å². The van der Waals surface area contributed by atoms with Gasteiger partial charge < -0.3 is 10.2 Å². The predicted octanol–water partition coefficient (Wildman–Crippen LogP) is 2.07. The molecule has 0 saturated carbocycles. The molecule has 0 spiro atoms. The molecule has 3 rings (SSSR count). The summed E-state index contributed by atoms with van der Waals surface area (Å²) < 4.78 is 42.8. The summed E-state index contributed by atoms with van der Waals surface area (Å²) in [6.45, 7) is -0.485. The second-order valence-electron chi connectivity index (χ2n) is 5.73. The molecule has 0 aliphatic rings. The van der Waals surface area contributed by atoms with E-state index >= 15 is 0 Å². The van der Waals surface area contributed by atoms with Gasteiger partial charge in [0.2, 0.25) is 15.9 Å². The standard InChI is InChI=1S/C17H15FN4O5S/c18-11-7-5-10(6-8-11)15-16(27-14(21-15)9-22(24)17(19)23)12-3-1-2-4-13(12)28(20,25)26/h1-8,24H,9H2,(H2,19,23)(H2,20,25,26). The Labute approximate surface area is 159 Å². The molecule has 5 N–H and O–H groups in total. The molecule has 3 aromatic rings. The zero-order chi connectivity index (χ0) is 20.5. The molecule has 0 aliphatic heterocycles. The quantitative estimate of drug-likeness (QED) is 0.435. The fraction of sp³-hybridized carbons (Fsp3) is 0.0588. The van der Waals surface area contributed by atoms with Crippen molar-refractivity contribution in [2.75, 3.05) is 0 Å². The topological polar surface area (TPSA) is 153 Å². The van der Waals surface area contributed by atoms with Crippen LogP contribution in [0, 0.1) is 5.82 Å². The van der Waals surface area contributed by atoms with Crippen molar-refractivity contribution in [1.29, 1.82) is 0 Å². The number of amides is 2. The van der Waals surface area contributed by atoms with Crippen molar-refractivity contribution in [2.24, 2.45) is 10.9 Å². The van der Waals surface area contributed by atoms with Crippen LogP contribution in [0.25, 0.3) is 22.6 Å². The molecule has 0 bridgehead atoms. The molecule has 1 heterocycles. The van der Waals surface area contributed by atoms with Gasteiger partial charge in [-0.1, -0.05) is 12.1 Å². The molecule has 0 saturated heterocycles. The fourth-order valence-electron chi connectivity index (χ4n) is 2.53. The number of aromatic nitrogens is 1. The van der Waals surface area contributed by atoms with Crippen LogP contribution in [-0.4, -0.2) is 29.7 Å². The Morgan fingerprint density at radius 3 is 2.43 bits per heavy atom. The van der Waals surface area contributed by atoms with E-state index in [1.54, 1.807) is 6.07 Å². The van der Waals surface area contributed by atoms with Crippen molar-refractivity contribution >= 4 is 16.1 Å². The van der Waals surface area contributed by atoms with Crippen molar-refractivity contribution in [3.8, 4) is 22.6 Å². The van der Waals surface area contributed by atoms with Crippen LogP contribution in [0.1, 0.15) is 5.89 Å². The van der Waals surface area contributed by atoms with Gasteiger partial charge in [0.05, 0.1) is 4.90 Å². The van der Waals surface area contributed by atoms with Gasteiger partial charge in [0.15, 0.2) is 5.76 Å². The Bertz CT molecular complexity index is 1130. The lowest BCUT2D eigenvalue weighted by atomic mass is 10.1. The van der Waals surface area contributed by atoms with Crippen LogP contribution in [0.3, 0.4) is 0 Å². The maximum absolute atomic E-state index is 13.3. The number of carbonyl (C=O) groups excluding carboxylic acids is 1. The minimum absolute atomic E-state index is 0.0177. The van der Waals surface area contributed by atoms with Gasteiger partial charge in [-0.15, -0.1) is 0 Å². The highest BCUT2D eigenvalue weighted by Crippen LogP contribution is 2.36. The van der Waals surface area contributed by atoms with Crippen molar-refractivity contribution in [3.63, 3.8) is 0 Å². The third-order valence-corrected chi connectivity index (χ3v) is 4.74. The molecule has 2 aromatic carbocycles. The maximum Gasteiger partial charge on any atom is 0.339 e. The highest BCUT2D eigenvalue weighted by atomic mass is 32.2. The molecule has 11 heteroatoms. The third-order valence-electron chi connectivity index (χ3n) is 3.77. The normalized spacial score (nSPS) is 11.4. The number of sulfonamides is 1. The minimum atomic E-state index is -4.10. The minimum Gasteiger partial charge on any atom is -0.438 e. The van der Waals surface area contributed by atoms with Crippen molar-refractivity contribution in [3.05, 3.63) is 60.2 Å². The number of rotatable bonds is 5. The van der Waals surface area contributed by atoms with Crippen molar-refractivity contribution in [1.82, 2.24) is 10.0 Å². The van der Waals surface area contributed by atoms with E-state index in [0.29, 0.717) is 5.56 Å². The average molecular weight is 406 g/mol. The number of halogens is 1. The number of hydrogen-bond acceptors (Lipinski definition) is 6. The molecule has 0 aliphatic carbocycles. The first-order valence-electron chi connectivity index (χ1n) is 7.80. The second kappa shape index (κ2) is 7.38. The van der Waals surface area contributed by atoms with Gasteiger partial charge in [0.25, 0.3) is 0 Å². The number of hydrogen-bond donors (Lipinski definition) is 3. The van der Waals surface area contributed by atoms with Gasteiger partial charge in [-0.25, -0.2) is 27.7 Å². The smallest absolute Gasteiger partial charge is 0.339 e. The average Bonchev–Trinajstić information content (AvgIpc) is 3.05. The lowest BCUT2D eigenvalue weighted by Crippen LogP contribution is -2.32. The SMILES string of the molecule is NC(=O)N(O)Cc1nc(-c2ccc(F)cc2)c(-c2ccccc2S(N)(=O)=O)o1. The van der Waals surface area contributed by atoms with E-state index in [0.717, 1.165) is 0 Å². The van der Waals surface area contributed by atoms with E-state index in [4.69, 9.17) is 15.3 Å². The van der Waals surface area contributed by atoms with Gasteiger partial charge >= 0.3 is 6.03 Å². The number of hydroxylamine groups is 2. The first kappa shape index (κ1) is 19.5. The molecular weight excluding hydrogens is 391 g/mol. The van der Waals surface area contributed by atoms with Crippen LogP contribution >= 0.6 is 0 Å². The Hall–Kier alpha value is -3.28. The fourth-order valence-corrected chi connectivity index (χ4v) is 3.26. The summed E-state index contributed by atoms with van der Waals surface area (Å²) in [6, 6.07) is 9.92. The number of urea groups is 1. The summed E-state index contributed by atoms with van der Waals surface area (Å²) >= 11 is 0. The number of nitrogens with zero attached hydrogens (tertiary/aromatic N) is 2. The first-order valence-corrected chi connectivity index (χ1v) is 9.35. The van der Waals surface area contributed by atoms with Gasteiger partial charge in [0, 0.05) is 11.1 Å². The predicted molar refractivity (Wildman–Crippen MR) is 95.6 cm³/mol. The number of carbonyl (C=O) groups is 1. The number of benzene rings is 2. The summed E-state index contributed by atoms with van der Waals surface area (Å²) in [6.07, 6.45) is 0. The second-order valence-corrected chi connectivity index (χ2v) is 7.26. The number of oxazole rings is 1. The zero-order valence-corrected chi connectivity index (χ0v) is 15.1. The molecule has 28 heavy (non-hydrogen) atoms. The van der Waals surface area contributed by atoms with Crippen LogP contribution in [0.2, 0.25) is 0 Å². The van der Waals surface area contributed by atoms with Crippen LogP contribution < -0.4 is 10.9 Å². The molecule has 0 radical (unpaired) electrons. The molecule has 0 unspecified atom stereocenters. The summed E-state index contributed by atoms with van der Waals surface area (Å²) in [4.78, 5) is 15.0. The van der Waals surface area contributed by atoms with E-state index < -0.39 is 28.4 Å². The third kappa shape index (κ3) is 4.01. The van der Waals surface area contributed by atoms with Crippen LogP contribution in [0.5, 0.6) is 0 Å². The Morgan fingerprint density at radius 2 is 1.82 bits per heavy atom.